The van der Waals surface area contributed by atoms with E-state index in [0.29, 0.717) is 33.2 Å². The van der Waals surface area contributed by atoms with Gasteiger partial charge in [-0.1, -0.05) is 12.1 Å². The van der Waals surface area contributed by atoms with Gasteiger partial charge in [0.1, 0.15) is 11.9 Å². The van der Waals surface area contributed by atoms with Crippen molar-refractivity contribution in [3.05, 3.63) is 63.0 Å². The molecule has 1 atom stereocenters. The Kier molecular flexibility index (Phi) is 5.18. The fraction of sp³-hybridized carbons (Fsp3) is 0.316. The number of carbonyl (C=O) groups is 1. The number of amidine groups is 1. The average Bonchev–Trinajstić information content (AvgIpc) is 3.10. The van der Waals surface area contributed by atoms with Crippen LogP contribution in [0.3, 0.4) is 0 Å². The second kappa shape index (κ2) is 7.37. The number of nitrogens with one attached hydrogen (secondary N) is 1. The second-order valence-electron chi connectivity index (χ2n) is 6.29. The molecular weight excluding hydrogens is 353 g/mol. The number of rotatable bonds is 4. The predicted octanol–water partition coefficient (Wildman–Crippen LogP) is 3.91. The van der Waals surface area contributed by atoms with E-state index in [-0.39, 0.29) is 11.9 Å². The first-order valence-electron chi connectivity index (χ1n) is 8.30. The molecule has 7 heteroatoms. The van der Waals surface area contributed by atoms with Gasteiger partial charge >= 0.3 is 5.97 Å². The van der Waals surface area contributed by atoms with Crippen molar-refractivity contribution in [2.45, 2.75) is 39.8 Å². The minimum absolute atomic E-state index is 0.263. The molecule has 1 aliphatic heterocycles. The van der Waals surface area contributed by atoms with E-state index >= 15 is 0 Å². The summed E-state index contributed by atoms with van der Waals surface area (Å²) in [6.45, 7) is 7.06. The number of benzene rings is 1. The molecule has 26 heavy (non-hydrogen) atoms. The molecular formula is C19H20FN3O2S. The Morgan fingerprint density at radius 3 is 2.77 bits per heavy atom. The van der Waals surface area contributed by atoms with E-state index in [1.54, 1.807) is 46.0 Å². The molecule has 0 unspecified atom stereocenters. The van der Waals surface area contributed by atoms with Crippen LogP contribution in [0, 0.1) is 12.7 Å². The van der Waals surface area contributed by atoms with Crippen molar-refractivity contribution in [1.29, 1.82) is 0 Å². The van der Waals surface area contributed by atoms with Crippen LogP contribution in [-0.2, 0) is 9.53 Å². The van der Waals surface area contributed by atoms with Gasteiger partial charge in [-0.25, -0.2) is 14.2 Å². The highest BCUT2D eigenvalue weighted by molar-refractivity contribution is 7.11. The van der Waals surface area contributed by atoms with Crippen LogP contribution >= 0.6 is 11.3 Å². The normalized spacial score (nSPS) is 17.2. The molecule has 1 N–H and O–H groups in total. The monoisotopic (exact) mass is 373 g/mol. The van der Waals surface area contributed by atoms with E-state index in [9.17, 15) is 9.18 Å². The van der Waals surface area contributed by atoms with Gasteiger partial charge in [0.25, 0.3) is 0 Å². The third-order valence-electron chi connectivity index (χ3n) is 4.04. The lowest BCUT2D eigenvalue weighted by Gasteiger charge is -2.27. The predicted molar refractivity (Wildman–Crippen MR) is 99.6 cm³/mol. The third kappa shape index (κ3) is 3.53. The molecule has 0 spiro atoms. The lowest BCUT2D eigenvalue weighted by Crippen LogP contribution is -2.33. The highest BCUT2D eigenvalue weighted by Crippen LogP contribution is 2.35. The summed E-state index contributed by atoms with van der Waals surface area (Å²) in [4.78, 5) is 21.7. The number of hydrogen-bond acceptors (Lipinski definition) is 6. The molecule has 1 aromatic heterocycles. The number of nitrogens with zero attached hydrogens (tertiary/aromatic N) is 2. The van der Waals surface area contributed by atoms with Crippen LogP contribution in [0.1, 0.15) is 42.9 Å². The number of thiazole rings is 1. The quantitative estimate of drug-likeness (QED) is 0.826. The Hall–Kier alpha value is -2.54. The first kappa shape index (κ1) is 18.3. The van der Waals surface area contributed by atoms with Crippen molar-refractivity contribution in [1.82, 2.24) is 10.3 Å². The molecule has 0 saturated heterocycles. The largest absolute Gasteiger partial charge is 0.459 e. The van der Waals surface area contributed by atoms with Crippen molar-refractivity contribution in [3.8, 4) is 0 Å². The number of aliphatic imine (C=N–C) groups is 1. The summed E-state index contributed by atoms with van der Waals surface area (Å²) in [5.74, 6) is -0.228. The van der Waals surface area contributed by atoms with Gasteiger partial charge in [-0.2, -0.15) is 0 Å². The molecule has 2 heterocycles. The molecule has 0 aliphatic carbocycles. The first-order valence-corrected chi connectivity index (χ1v) is 9.18. The smallest absolute Gasteiger partial charge is 0.338 e. The Morgan fingerprint density at radius 2 is 2.12 bits per heavy atom. The summed E-state index contributed by atoms with van der Waals surface area (Å²) in [7, 11) is 0. The maximum absolute atomic E-state index is 14.1. The minimum Gasteiger partial charge on any atom is -0.459 e. The van der Waals surface area contributed by atoms with Gasteiger partial charge in [0.15, 0.2) is 10.8 Å². The molecule has 0 amide bonds. The molecule has 136 valence electrons. The van der Waals surface area contributed by atoms with Crippen LogP contribution < -0.4 is 5.32 Å². The van der Waals surface area contributed by atoms with Crippen LogP contribution in [0.4, 0.5) is 4.39 Å². The summed E-state index contributed by atoms with van der Waals surface area (Å²) >= 11 is 1.44. The Bertz CT molecular complexity index is 888. The lowest BCUT2D eigenvalue weighted by molar-refractivity contribution is -0.143. The number of hydrogen-bond donors (Lipinski definition) is 1. The van der Waals surface area contributed by atoms with Gasteiger partial charge in [0.2, 0.25) is 0 Å². The van der Waals surface area contributed by atoms with Gasteiger partial charge < -0.3 is 10.1 Å². The maximum Gasteiger partial charge on any atom is 0.338 e. The zero-order valence-corrected chi connectivity index (χ0v) is 15.9. The van der Waals surface area contributed by atoms with Crippen molar-refractivity contribution in [2.24, 2.45) is 4.99 Å². The van der Waals surface area contributed by atoms with E-state index in [1.165, 1.54) is 17.4 Å². The molecule has 0 saturated carbocycles. The molecule has 0 fully saturated rings. The number of carbonyl (C=O) groups excluding carboxylic acids is 1. The Labute approximate surface area is 155 Å². The number of aromatic nitrogens is 1. The molecule has 0 radical (unpaired) electrons. The van der Waals surface area contributed by atoms with Gasteiger partial charge in [0, 0.05) is 17.3 Å². The number of esters is 1. The second-order valence-corrected chi connectivity index (χ2v) is 7.18. The molecule has 1 aliphatic rings. The summed E-state index contributed by atoms with van der Waals surface area (Å²) in [5, 5.41) is 5.70. The van der Waals surface area contributed by atoms with Gasteiger partial charge in [-0.05, 0) is 44.9 Å². The van der Waals surface area contributed by atoms with Crippen molar-refractivity contribution in [2.75, 3.05) is 0 Å². The van der Waals surface area contributed by atoms with Crippen LogP contribution in [0.15, 0.2) is 46.0 Å². The summed E-state index contributed by atoms with van der Waals surface area (Å²) in [6, 6.07) is 4.15. The van der Waals surface area contributed by atoms with Crippen LogP contribution in [0.5, 0.6) is 0 Å². The molecule has 1 aromatic carbocycles. The van der Waals surface area contributed by atoms with E-state index in [2.05, 4.69) is 15.3 Å². The number of allylic oxidation sites excluding steroid dienone is 1. The maximum atomic E-state index is 14.1. The zero-order chi connectivity index (χ0) is 18.8. The highest BCUT2D eigenvalue weighted by atomic mass is 32.1. The standard InChI is InChI=1S/C19H20FN3O2S/c1-10(2)25-19(24)15-12(4)22-17(18-21-8-9-26-18)23-16(15)13-6-5-7-14(20)11(13)3/h5-10,16H,1-4H3,(H,22,23)/t16-/m0/s1. The molecule has 2 aromatic rings. The molecule has 5 nitrogen and oxygen atoms in total. The van der Waals surface area contributed by atoms with E-state index in [0.717, 1.165) is 0 Å². The minimum atomic E-state index is -0.655. The third-order valence-corrected chi connectivity index (χ3v) is 4.82. The van der Waals surface area contributed by atoms with Crippen LogP contribution in [0.25, 0.3) is 0 Å². The van der Waals surface area contributed by atoms with Gasteiger partial charge in [0.05, 0.1) is 11.7 Å². The molecule has 0 bridgehead atoms. The topological polar surface area (TPSA) is 63.6 Å². The average molecular weight is 373 g/mol. The highest BCUT2D eigenvalue weighted by Gasteiger charge is 2.32. The lowest BCUT2D eigenvalue weighted by atomic mass is 9.92. The first-order chi connectivity index (χ1) is 12.4. The SMILES string of the molecule is CC1=C(C(=O)OC(C)C)[C@H](c2cccc(F)c2C)N=C(c2nccs2)N1. The zero-order valence-electron chi connectivity index (χ0n) is 15.0. The molecule has 3 rings (SSSR count). The van der Waals surface area contributed by atoms with Crippen molar-refractivity contribution in [3.63, 3.8) is 0 Å². The summed E-state index contributed by atoms with van der Waals surface area (Å²) in [6.07, 6.45) is 1.43. The summed E-state index contributed by atoms with van der Waals surface area (Å²) in [5.41, 5.74) is 2.11. The van der Waals surface area contributed by atoms with Crippen LogP contribution in [0.2, 0.25) is 0 Å². The van der Waals surface area contributed by atoms with Crippen molar-refractivity contribution >= 4 is 23.1 Å². The summed E-state index contributed by atoms with van der Waals surface area (Å²) < 4.78 is 19.5. The van der Waals surface area contributed by atoms with E-state index in [4.69, 9.17) is 4.74 Å². The van der Waals surface area contributed by atoms with Gasteiger partial charge in [-0.3, -0.25) is 4.99 Å². The Morgan fingerprint density at radius 1 is 1.35 bits per heavy atom. The number of halogens is 1. The van der Waals surface area contributed by atoms with Gasteiger partial charge in [-0.15, -0.1) is 11.3 Å². The Balaban J connectivity index is 2.12. The van der Waals surface area contributed by atoms with Crippen LogP contribution in [-0.4, -0.2) is 22.9 Å². The van der Waals surface area contributed by atoms with E-state index in [1.807, 2.05) is 5.38 Å². The van der Waals surface area contributed by atoms with Crippen molar-refractivity contribution < 1.29 is 13.9 Å². The fourth-order valence-corrected chi connectivity index (χ4v) is 3.40. The fourth-order valence-electron chi connectivity index (χ4n) is 2.81. The number of ether oxygens (including phenoxy) is 1. The van der Waals surface area contributed by atoms with E-state index < -0.39 is 12.0 Å².